The molecule has 0 radical (unpaired) electrons. The molecule has 34 heavy (non-hydrogen) atoms. The Hall–Kier alpha value is -3.39. The number of amides is 1. The molecule has 3 N–H and O–H groups in total. The molecule has 0 saturated carbocycles. The molecule has 2 fully saturated rings. The number of fused-ring (bicyclic) bond motifs is 1. The maximum atomic E-state index is 13.1. The van der Waals surface area contributed by atoms with Crippen LogP contribution in [0, 0.1) is 6.92 Å². The van der Waals surface area contributed by atoms with Crippen molar-refractivity contribution in [3.63, 3.8) is 0 Å². The summed E-state index contributed by atoms with van der Waals surface area (Å²) in [6.07, 6.45) is -0.651. The molecule has 0 unspecified atom stereocenters. The highest BCUT2D eigenvalue weighted by Crippen LogP contribution is 2.32. The van der Waals surface area contributed by atoms with E-state index in [0.29, 0.717) is 48.2 Å². The molecule has 0 bridgehead atoms. The van der Waals surface area contributed by atoms with Gasteiger partial charge in [-0.15, -0.1) is 16.4 Å². The van der Waals surface area contributed by atoms with Gasteiger partial charge in [-0.1, -0.05) is 0 Å². The van der Waals surface area contributed by atoms with Gasteiger partial charge in [0.1, 0.15) is 11.3 Å². The zero-order valence-electron chi connectivity index (χ0n) is 18.5. The van der Waals surface area contributed by atoms with Crippen molar-refractivity contribution in [2.24, 2.45) is 0 Å². The van der Waals surface area contributed by atoms with E-state index in [0.717, 1.165) is 4.83 Å². The Bertz CT molecular complexity index is 1230. The lowest BCUT2D eigenvalue weighted by molar-refractivity contribution is -0.103. The van der Waals surface area contributed by atoms with Crippen molar-refractivity contribution in [2.75, 3.05) is 53.6 Å². The number of aryl methyl sites for hydroxylation is 1. The van der Waals surface area contributed by atoms with Gasteiger partial charge in [-0.05, 0) is 26.0 Å². The van der Waals surface area contributed by atoms with Gasteiger partial charge in [0.05, 0.1) is 43.1 Å². The molecule has 1 amide bonds. The zero-order chi connectivity index (χ0) is 24.0. The highest BCUT2D eigenvalue weighted by atomic mass is 32.1. The number of thiazole rings is 1. The molecule has 0 aliphatic carbocycles. The smallest absolute Gasteiger partial charge is 0.368 e. The van der Waals surface area contributed by atoms with Gasteiger partial charge in [-0.2, -0.15) is 4.98 Å². The average molecular weight is 492 g/mol. The fraction of sp³-hybridized carbons (Fsp3) is 0.450. The molecule has 2 aliphatic rings. The summed E-state index contributed by atoms with van der Waals surface area (Å²) in [6.45, 7) is 4.44. The van der Waals surface area contributed by atoms with Crippen LogP contribution < -0.4 is 20.9 Å². The molecule has 0 aromatic carbocycles. The normalized spacial score (nSPS) is 20.3. The fourth-order valence-corrected chi connectivity index (χ4v) is 4.73. The molecule has 2 aliphatic heterocycles. The summed E-state index contributed by atoms with van der Waals surface area (Å²) in [4.78, 5) is 39.5. The van der Waals surface area contributed by atoms with Crippen molar-refractivity contribution in [3.8, 4) is 0 Å². The lowest BCUT2D eigenvalue weighted by atomic mass is 10.1. The fourth-order valence-electron chi connectivity index (χ4n) is 4.07. The quantitative estimate of drug-likeness (QED) is 0.562. The number of alkyl halides is 2. The number of aromatic nitrogens is 4. The molecule has 5 heterocycles. The minimum atomic E-state index is -2.68. The highest BCUT2D eigenvalue weighted by Gasteiger charge is 2.44. The first-order chi connectivity index (χ1) is 16.2. The molecular formula is C20H23F2N9O2S. The number of anilines is 4. The van der Waals surface area contributed by atoms with Crippen LogP contribution in [0.1, 0.15) is 12.6 Å². The number of nitrogens with two attached hydrogens (primary N) is 1. The maximum Gasteiger partial charge on any atom is 0.430 e. The lowest BCUT2D eigenvalue weighted by Gasteiger charge is -2.39. The van der Waals surface area contributed by atoms with E-state index in [1.807, 2.05) is 6.92 Å². The van der Waals surface area contributed by atoms with Crippen molar-refractivity contribution in [3.05, 3.63) is 23.3 Å². The van der Waals surface area contributed by atoms with Crippen molar-refractivity contribution in [1.29, 1.82) is 0 Å². The number of hydrogen-bond acceptors (Lipinski definition) is 11. The van der Waals surface area contributed by atoms with Crippen molar-refractivity contribution in [2.45, 2.75) is 25.8 Å². The predicted octanol–water partition coefficient (Wildman–Crippen LogP) is 2.50. The molecule has 180 valence electrons. The highest BCUT2D eigenvalue weighted by molar-refractivity contribution is 7.16. The topological polar surface area (TPSA) is 126 Å². The lowest BCUT2D eigenvalue weighted by Crippen LogP contribution is -2.56. The average Bonchev–Trinajstić information content (AvgIpc) is 3.21. The number of nitrogens with one attached hydrogen (secondary N) is 1. The molecular weight excluding hydrogens is 468 g/mol. The number of rotatable bonds is 4. The van der Waals surface area contributed by atoms with Gasteiger partial charge < -0.3 is 20.4 Å². The Labute approximate surface area is 197 Å². The minimum absolute atomic E-state index is 0.0295. The minimum Gasteiger partial charge on any atom is -0.368 e. The van der Waals surface area contributed by atoms with Gasteiger partial charge in [0.25, 0.3) is 5.92 Å². The molecule has 14 heteroatoms. The van der Waals surface area contributed by atoms with Crippen molar-refractivity contribution >= 4 is 51.0 Å². The van der Waals surface area contributed by atoms with E-state index >= 15 is 0 Å². The van der Waals surface area contributed by atoms with Crippen LogP contribution >= 0.6 is 11.3 Å². The third-order valence-corrected chi connectivity index (χ3v) is 6.47. The largest absolute Gasteiger partial charge is 0.430 e. The third-order valence-electron chi connectivity index (χ3n) is 5.75. The Morgan fingerprint density at radius 3 is 2.76 bits per heavy atom. The van der Waals surface area contributed by atoms with Crippen molar-refractivity contribution < 1.29 is 18.4 Å². The number of piperazine rings is 1. The number of nitrogens with zero attached hydrogens (tertiary/aromatic N) is 7. The maximum absolute atomic E-state index is 13.1. The second-order valence-corrected chi connectivity index (χ2v) is 9.19. The number of hydrogen-bond donors (Lipinski definition) is 2. The number of nitrogen functional groups attached to an aromatic ring is 1. The van der Waals surface area contributed by atoms with E-state index in [-0.39, 0.29) is 25.1 Å². The molecule has 11 nitrogen and oxygen atoms in total. The van der Waals surface area contributed by atoms with Gasteiger partial charge in [-0.3, -0.25) is 5.32 Å². The van der Waals surface area contributed by atoms with Gasteiger partial charge in [0, 0.05) is 12.6 Å². The van der Waals surface area contributed by atoms with Gasteiger partial charge in [-0.25, -0.2) is 28.5 Å². The molecule has 3 aromatic rings. The molecule has 0 spiro atoms. The third kappa shape index (κ3) is 4.37. The van der Waals surface area contributed by atoms with Crippen LogP contribution in [-0.4, -0.2) is 75.8 Å². The molecule has 2 saturated heterocycles. The summed E-state index contributed by atoms with van der Waals surface area (Å²) in [5.41, 5.74) is 9.24. The summed E-state index contributed by atoms with van der Waals surface area (Å²) < 4.78 is 26.2. The standard InChI is InChI=1S/C20H23F2N9O2S/c1-11-7-30(5-6-31(11)16-15-17(34-10-24-15)28-18(23)27-16)33-19(32)26-13-3-4-14(25-12(13)2)29-8-20(21,22)9-29/h3-4,10-11H,5-9H2,1-2H3,(H,26,32)(H2,23,27,28)/t11-/m0/s1. The summed E-state index contributed by atoms with van der Waals surface area (Å²) in [6, 6.07) is 3.21. The predicted molar refractivity (Wildman–Crippen MR) is 124 cm³/mol. The Morgan fingerprint density at radius 2 is 2.06 bits per heavy atom. The zero-order valence-corrected chi connectivity index (χ0v) is 19.3. The molecule has 1 atom stereocenters. The van der Waals surface area contributed by atoms with Crippen LogP contribution in [-0.2, 0) is 4.84 Å². The molecule has 3 aromatic heterocycles. The van der Waals surface area contributed by atoms with E-state index in [2.05, 4.69) is 30.2 Å². The van der Waals surface area contributed by atoms with Crippen LogP contribution in [0.4, 0.5) is 36.8 Å². The number of carbonyl (C=O) groups is 1. The van der Waals surface area contributed by atoms with Crippen LogP contribution in [0.15, 0.2) is 17.6 Å². The SMILES string of the molecule is Cc1nc(N2CC(F)(F)C2)ccc1NC(=O)ON1CCN(c2nc(N)nc3scnc23)[C@@H](C)C1. The van der Waals surface area contributed by atoms with Crippen LogP contribution in [0.3, 0.4) is 0 Å². The number of carbonyl (C=O) groups excluding carboxylic acids is 1. The summed E-state index contributed by atoms with van der Waals surface area (Å²) >= 11 is 1.40. The number of halogens is 2. The van der Waals surface area contributed by atoms with Gasteiger partial charge >= 0.3 is 6.09 Å². The van der Waals surface area contributed by atoms with E-state index in [1.54, 1.807) is 29.6 Å². The second-order valence-electron chi connectivity index (χ2n) is 8.36. The Kier molecular flexibility index (Phi) is 5.56. The molecule has 5 rings (SSSR count). The van der Waals surface area contributed by atoms with E-state index in [9.17, 15) is 13.6 Å². The van der Waals surface area contributed by atoms with E-state index < -0.39 is 12.0 Å². The first-order valence-electron chi connectivity index (χ1n) is 10.7. The van der Waals surface area contributed by atoms with Crippen LogP contribution in [0.2, 0.25) is 0 Å². The first-order valence-corrected chi connectivity index (χ1v) is 11.5. The monoisotopic (exact) mass is 491 g/mol. The van der Waals surface area contributed by atoms with Gasteiger partial charge in [0.15, 0.2) is 10.6 Å². The Morgan fingerprint density at radius 1 is 1.26 bits per heavy atom. The van der Waals surface area contributed by atoms with Crippen LogP contribution in [0.25, 0.3) is 10.3 Å². The van der Waals surface area contributed by atoms with E-state index in [1.165, 1.54) is 16.2 Å². The number of hydroxylamine groups is 2. The first kappa shape index (κ1) is 22.4. The second kappa shape index (κ2) is 8.43. The summed E-state index contributed by atoms with van der Waals surface area (Å²) in [7, 11) is 0. The number of pyridine rings is 1. The van der Waals surface area contributed by atoms with Crippen LogP contribution in [0.5, 0.6) is 0 Å². The van der Waals surface area contributed by atoms with Gasteiger partial charge in [0.2, 0.25) is 5.95 Å². The van der Waals surface area contributed by atoms with Crippen molar-refractivity contribution in [1.82, 2.24) is 25.0 Å². The summed E-state index contributed by atoms with van der Waals surface area (Å²) in [5, 5.41) is 4.25. The van der Waals surface area contributed by atoms with E-state index in [4.69, 9.17) is 10.6 Å². The Balaban J connectivity index is 1.18. The summed E-state index contributed by atoms with van der Waals surface area (Å²) in [5.74, 6) is -1.37.